The van der Waals surface area contributed by atoms with Gasteiger partial charge in [0.15, 0.2) is 18.9 Å². The van der Waals surface area contributed by atoms with Crippen molar-refractivity contribution in [1.82, 2.24) is 0 Å². The van der Waals surface area contributed by atoms with Crippen LogP contribution in [0.25, 0.3) is 0 Å². The lowest BCUT2D eigenvalue weighted by atomic mass is 9.47. The molecule has 11 N–H and O–H groups in total. The Hall–Kier alpha value is -0.940. The first-order valence-corrected chi connectivity index (χ1v) is 23.4. The zero-order valence-electron chi connectivity index (χ0n) is 36.8. The number of rotatable bonds is 12. The van der Waals surface area contributed by atoms with E-state index in [1.54, 1.807) is 0 Å². The largest absolute Gasteiger partial charge is 0.445 e. The molecule has 62 heavy (non-hydrogen) atoms. The van der Waals surface area contributed by atoms with Crippen LogP contribution in [0.1, 0.15) is 92.4 Å². The predicted octanol–water partition coefficient (Wildman–Crippen LogP) is -0.419. The predicted molar refractivity (Wildman–Crippen MR) is 218 cm³/mol. The minimum atomic E-state index is -1.82. The third kappa shape index (κ3) is 8.28. The summed E-state index contributed by atoms with van der Waals surface area (Å²) in [7, 11) is 0. The van der Waals surface area contributed by atoms with Crippen LogP contribution in [0.4, 0.5) is 0 Å². The summed E-state index contributed by atoms with van der Waals surface area (Å²) in [6.07, 6.45) is -11.7. The number of allylic oxidation sites excluding steroid dienone is 1. The quantitative estimate of drug-likeness (QED) is 0.0890. The van der Waals surface area contributed by atoms with Gasteiger partial charge in [0.25, 0.3) is 0 Å². The molecule has 0 bridgehead atoms. The topological polar surface area (TPSA) is 270 Å². The lowest BCUT2D eigenvalue weighted by molar-refractivity contribution is -0.389. The average molecular weight is 888 g/mol. The second-order valence-corrected chi connectivity index (χ2v) is 20.8. The maximum atomic E-state index is 12.0. The standard InChI is InChI=1S/C45H74O17/c1-19(16-46)6-9-27-20(2)31-28(58-27)15-26-24-8-7-22-14-23(10-12-44(22,4)25(24)11-13-45(26,31)5)57-43-40(62-41-36(53)34(51)32(49)21(3)56-41)38(55)39(30(18-48)60-43)61-42-37(54)35(52)33(50)29(17-47)59-42/h7,19-21,23-43,46-55H,6,8-18H2,1-5H3/p+1/t19-,20-,21?,23?,24-,25+,26+,27-,28-,29?,30?,31-,32+,33-,34?,35?,36?,37?,38?,39-,40?,41+,42+,43-,44+,45+/m1/s1. The van der Waals surface area contributed by atoms with Crippen LogP contribution in [0.5, 0.6) is 0 Å². The van der Waals surface area contributed by atoms with E-state index < -0.39 is 105 Å². The van der Waals surface area contributed by atoms with Gasteiger partial charge in [0.2, 0.25) is 0 Å². The fraction of sp³-hybridized carbons (Fsp3) is 0.956. The molecule has 17 nitrogen and oxygen atoms in total. The molecule has 17 heteroatoms. The summed E-state index contributed by atoms with van der Waals surface area (Å²) in [5, 5.41) is 103. The molecular weight excluding hydrogens is 812 g/mol. The summed E-state index contributed by atoms with van der Waals surface area (Å²) in [6.45, 7) is 10.1. The van der Waals surface area contributed by atoms with Crippen LogP contribution in [-0.2, 0) is 33.2 Å². The van der Waals surface area contributed by atoms with Crippen LogP contribution in [0.2, 0.25) is 0 Å². The zero-order chi connectivity index (χ0) is 44.6. The molecule has 0 radical (unpaired) electrons. The summed E-state index contributed by atoms with van der Waals surface area (Å²) in [4.78, 5) is 0. The Morgan fingerprint density at radius 2 is 1.39 bits per heavy atom. The number of ether oxygens (including phenoxy) is 7. The smallest absolute Gasteiger partial charge is 0.187 e. The highest BCUT2D eigenvalue weighted by Gasteiger charge is 2.65. The van der Waals surface area contributed by atoms with E-state index in [-0.39, 0.29) is 23.0 Å². The van der Waals surface area contributed by atoms with Gasteiger partial charge >= 0.3 is 0 Å². The normalized spacial score (nSPS) is 54.5. The highest BCUT2D eigenvalue weighted by atomic mass is 16.8. The number of hydrogen-bond acceptors (Lipinski definition) is 16. The molecule has 356 valence electrons. The van der Waals surface area contributed by atoms with Gasteiger partial charge in [0, 0.05) is 5.92 Å². The highest BCUT2D eigenvalue weighted by Crippen LogP contribution is 2.69. The van der Waals surface area contributed by atoms with Crippen LogP contribution < -0.4 is 0 Å². The van der Waals surface area contributed by atoms with Gasteiger partial charge in [0.1, 0.15) is 73.8 Å². The first-order valence-electron chi connectivity index (χ1n) is 23.4. The second-order valence-electron chi connectivity index (χ2n) is 20.8. The third-order valence-electron chi connectivity index (χ3n) is 17.3. The van der Waals surface area contributed by atoms with E-state index in [0.29, 0.717) is 61.1 Å². The molecule has 26 atom stereocenters. The van der Waals surface area contributed by atoms with Crippen molar-refractivity contribution in [3.8, 4) is 0 Å². The molecule has 8 aliphatic rings. The number of aliphatic hydroxyl groups is 9. The molecule has 0 aromatic rings. The van der Waals surface area contributed by atoms with Crippen molar-refractivity contribution in [2.45, 2.75) is 203 Å². The van der Waals surface area contributed by atoms with Gasteiger partial charge in [0.05, 0.1) is 37.6 Å². The Morgan fingerprint density at radius 3 is 2.08 bits per heavy atom. The van der Waals surface area contributed by atoms with Crippen LogP contribution >= 0.6 is 0 Å². The van der Waals surface area contributed by atoms with Crippen molar-refractivity contribution in [1.29, 1.82) is 0 Å². The molecule has 8 rings (SSSR count). The fourth-order valence-corrected chi connectivity index (χ4v) is 13.6. The highest BCUT2D eigenvalue weighted by molar-refractivity contribution is 5.26. The molecule has 4 saturated heterocycles. The van der Waals surface area contributed by atoms with Gasteiger partial charge in [-0.1, -0.05) is 39.3 Å². The summed E-state index contributed by atoms with van der Waals surface area (Å²) in [6, 6.07) is 0. The number of aliphatic hydroxyl groups excluding tert-OH is 9. The van der Waals surface area contributed by atoms with E-state index in [4.69, 9.17) is 38.3 Å². The summed E-state index contributed by atoms with van der Waals surface area (Å²) in [5.74, 6) is 3.10. The Balaban J connectivity index is 0.980. The van der Waals surface area contributed by atoms with Crippen molar-refractivity contribution in [3.63, 3.8) is 0 Å². The Kier molecular flexibility index (Phi) is 14.3. The van der Waals surface area contributed by atoms with E-state index in [1.807, 2.05) is 0 Å². The van der Waals surface area contributed by atoms with Crippen LogP contribution in [0.15, 0.2) is 11.6 Å². The van der Waals surface area contributed by atoms with Gasteiger partial charge in [-0.15, -0.1) is 0 Å². The van der Waals surface area contributed by atoms with Crippen molar-refractivity contribution < 1.29 is 84.2 Å². The Bertz CT molecular complexity index is 1550. The Labute approximate surface area is 364 Å². The second kappa shape index (κ2) is 18.6. The summed E-state index contributed by atoms with van der Waals surface area (Å²) in [5.41, 5.74) is 1.53. The first-order chi connectivity index (χ1) is 29.4. The minimum Gasteiger partial charge on any atom is -0.445 e. The lowest BCUT2D eigenvalue weighted by Gasteiger charge is -2.58. The van der Waals surface area contributed by atoms with E-state index >= 15 is 0 Å². The molecule has 3 saturated carbocycles. The molecule has 0 amide bonds. The molecule has 7 fully saturated rings. The number of hydrogen-bond donors (Lipinski definition) is 9. The SMILES string of the molecule is CC1O[C@@H](OC2C(O)[C@H](O[C@@H]3OC(CO)[C@@H](O)C(O)C3O)C(CO)O[C@H]2OC2CC[C@@]3(C)C(=CC[C@H]4[C@@H]5C[C@H]6O[C@H](CC[C@@H](C)C[OH2+])[C@@H](C)[C@H]6[C@@]5(C)CC[C@@H]43)C2)C(O)C(O)[C@H]1O. The number of fused-ring (bicyclic) bond motifs is 7. The monoisotopic (exact) mass is 887 g/mol. The van der Waals surface area contributed by atoms with Gasteiger partial charge in [-0.3, -0.25) is 0 Å². The van der Waals surface area contributed by atoms with E-state index in [9.17, 15) is 46.0 Å². The summed E-state index contributed by atoms with van der Waals surface area (Å²) >= 11 is 0. The average Bonchev–Trinajstić information content (AvgIpc) is 3.74. The van der Waals surface area contributed by atoms with Gasteiger partial charge in [-0.2, -0.15) is 0 Å². The van der Waals surface area contributed by atoms with Crippen LogP contribution in [-0.4, -0.2) is 181 Å². The van der Waals surface area contributed by atoms with Crippen molar-refractivity contribution in [3.05, 3.63) is 11.6 Å². The van der Waals surface area contributed by atoms with E-state index in [0.717, 1.165) is 38.5 Å². The molecule has 4 heterocycles. The molecular formula is C45H75O17+. The van der Waals surface area contributed by atoms with Gasteiger partial charge < -0.3 is 84.2 Å². The molecule has 0 aromatic carbocycles. The third-order valence-corrected chi connectivity index (χ3v) is 17.3. The van der Waals surface area contributed by atoms with Crippen molar-refractivity contribution in [2.24, 2.45) is 46.3 Å². The van der Waals surface area contributed by atoms with Crippen molar-refractivity contribution in [2.75, 3.05) is 19.8 Å². The molecule has 10 unspecified atom stereocenters. The van der Waals surface area contributed by atoms with Gasteiger partial charge in [-0.25, -0.2) is 0 Å². The molecule has 0 spiro atoms. The van der Waals surface area contributed by atoms with Crippen LogP contribution in [0.3, 0.4) is 0 Å². The molecule has 0 aromatic heterocycles. The van der Waals surface area contributed by atoms with Crippen LogP contribution in [0, 0.1) is 46.3 Å². The Morgan fingerprint density at radius 1 is 0.726 bits per heavy atom. The minimum absolute atomic E-state index is 0.0306. The maximum absolute atomic E-state index is 12.0. The van der Waals surface area contributed by atoms with Crippen molar-refractivity contribution >= 4 is 0 Å². The zero-order valence-corrected chi connectivity index (χ0v) is 36.8. The first kappa shape index (κ1) is 47.5. The summed E-state index contributed by atoms with van der Waals surface area (Å²) < 4.78 is 43.2. The molecule has 4 aliphatic carbocycles. The van der Waals surface area contributed by atoms with E-state index in [2.05, 4.69) is 33.8 Å². The fourth-order valence-electron chi connectivity index (χ4n) is 13.6. The van der Waals surface area contributed by atoms with Gasteiger partial charge in [-0.05, 0) is 105 Å². The lowest BCUT2D eigenvalue weighted by Crippen LogP contribution is -2.67. The molecule has 4 aliphatic heterocycles. The maximum Gasteiger partial charge on any atom is 0.187 e. The van der Waals surface area contributed by atoms with E-state index in [1.165, 1.54) is 18.9 Å².